The lowest BCUT2D eigenvalue weighted by Crippen LogP contribution is -2.61. The van der Waals surface area contributed by atoms with Crippen LogP contribution in [0.25, 0.3) is 0 Å². The molecule has 1 atom stereocenters. The summed E-state index contributed by atoms with van der Waals surface area (Å²) in [7, 11) is 1.36. The number of carbonyl (C=O) groups is 2. The lowest BCUT2D eigenvalue weighted by atomic mass is 9.76. The van der Waals surface area contributed by atoms with Gasteiger partial charge in [-0.2, -0.15) is 0 Å². The van der Waals surface area contributed by atoms with Crippen molar-refractivity contribution in [3.63, 3.8) is 0 Å². The summed E-state index contributed by atoms with van der Waals surface area (Å²) >= 11 is 0. The molecule has 1 aliphatic carbocycles. The van der Waals surface area contributed by atoms with E-state index in [9.17, 15) is 9.59 Å². The largest absolute Gasteiger partial charge is 0.468 e. The van der Waals surface area contributed by atoms with Gasteiger partial charge < -0.3 is 20.1 Å². The quantitative estimate of drug-likeness (QED) is 0.750. The van der Waals surface area contributed by atoms with Crippen molar-refractivity contribution in [1.82, 2.24) is 10.6 Å². The first-order valence-electron chi connectivity index (χ1n) is 7.00. The molecule has 0 radical (unpaired) electrons. The van der Waals surface area contributed by atoms with E-state index in [1.807, 2.05) is 20.8 Å². The van der Waals surface area contributed by atoms with E-state index in [0.717, 1.165) is 19.3 Å². The summed E-state index contributed by atoms with van der Waals surface area (Å²) in [6.07, 6.45) is 2.41. The molecule has 0 aromatic rings. The van der Waals surface area contributed by atoms with E-state index in [1.54, 1.807) is 6.92 Å². The number of hydrogen-bond acceptors (Lipinski definition) is 5. The summed E-state index contributed by atoms with van der Waals surface area (Å²) in [6, 6.07) is -0.391. The van der Waals surface area contributed by atoms with E-state index in [-0.39, 0.29) is 11.5 Å². The maximum atomic E-state index is 11.8. The summed E-state index contributed by atoms with van der Waals surface area (Å²) in [5, 5.41) is 6.02. The number of nitrogens with one attached hydrogen (secondary N) is 2. The zero-order chi connectivity index (χ0) is 15.4. The number of esters is 1. The van der Waals surface area contributed by atoms with Crippen molar-refractivity contribution in [1.29, 1.82) is 0 Å². The van der Waals surface area contributed by atoms with Crippen LogP contribution in [0, 0.1) is 0 Å². The maximum absolute atomic E-state index is 11.8. The first-order chi connectivity index (χ1) is 9.17. The van der Waals surface area contributed by atoms with Crippen molar-refractivity contribution in [3.05, 3.63) is 0 Å². The van der Waals surface area contributed by atoms with Crippen molar-refractivity contribution in [2.75, 3.05) is 13.7 Å². The van der Waals surface area contributed by atoms with E-state index in [0.29, 0.717) is 6.54 Å². The van der Waals surface area contributed by atoms with Gasteiger partial charge in [0.15, 0.2) is 0 Å². The average molecular weight is 286 g/mol. The van der Waals surface area contributed by atoms with Crippen LogP contribution in [0.5, 0.6) is 0 Å². The SMILES string of the molecule is COC(=O)C(C)NCC1(NC(=O)OC(C)(C)C)CCC1. The van der Waals surface area contributed by atoms with Crippen LogP contribution in [-0.2, 0) is 14.3 Å². The summed E-state index contributed by atoms with van der Waals surface area (Å²) in [6.45, 7) is 7.76. The molecule has 0 aliphatic heterocycles. The Morgan fingerprint density at radius 1 is 1.30 bits per heavy atom. The summed E-state index contributed by atoms with van der Waals surface area (Å²) < 4.78 is 9.94. The molecule has 1 aliphatic rings. The van der Waals surface area contributed by atoms with Crippen LogP contribution in [0.15, 0.2) is 0 Å². The number of alkyl carbamates (subject to hydrolysis) is 1. The van der Waals surface area contributed by atoms with Gasteiger partial charge in [0.1, 0.15) is 11.6 Å². The third-order valence-corrected chi connectivity index (χ3v) is 3.38. The molecule has 1 saturated carbocycles. The molecule has 0 aromatic carbocycles. The number of hydrogen-bond donors (Lipinski definition) is 2. The monoisotopic (exact) mass is 286 g/mol. The van der Waals surface area contributed by atoms with Crippen LogP contribution < -0.4 is 10.6 Å². The molecule has 1 fully saturated rings. The molecule has 0 aromatic heterocycles. The standard InChI is InChI=1S/C14H26N2O4/c1-10(11(17)19-5)15-9-14(7-6-8-14)16-12(18)20-13(2,3)4/h10,15H,6-9H2,1-5H3,(H,16,18). The maximum Gasteiger partial charge on any atom is 0.408 e. The van der Waals surface area contributed by atoms with Crippen molar-refractivity contribution in [3.8, 4) is 0 Å². The van der Waals surface area contributed by atoms with Gasteiger partial charge in [0, 0.05) is 6.54 Å². The Labute approximate surface area is 120 Å². The topological polar surface area (TPSA) is 76.7 Å². The minimum Gasteiger partial charge on any atom is -0.468 e. The molecule has 1 amide bonds. The van der Waals surface area contributed by atoms with Gasteiger partial charge in [0.25, 0.3) is 0 Å². The predicted molar refractivity (Wildman–Crippen MR) is 75.4 cm³/mol. The number of rotatable bonds is 5. The minimum absolute atomic E-state index is 0.309. The summed E-state index contributed by atoms with van der Waals surface area (Å²) in [5.41, 5.74) is -0.827. The van der Waals surface area contributed by atoms with Gasteiger partial charge >= 0.3 is 12.1 Å². The van der Waals surface area contributed by atoms with E-state index in [4.69, 9.17) is 4.74 Å². The molecule has 6 heteroatoms. The van der Waals surface area contributed by atoms with Crippen LogP contribution in [0.4, 0.5) is 4.79 Å². The van der Waals surface area contributed by atoms with Gasteiger partial charge in [-0.15, -0.1) is 0 Å². The zero-order valence-corrected chi connectivity index (χ0v) is 13.0. The van der Waals surface area contributed by atoms with Gasteiger partial charge in [-0.05, 0) is 47.0 Å². The van der Waals surface area contributed by atoms with Crippen molar-refractivity contribution in [2.24, 2.45) is 0 Å². The van der Waals surface area contributed by atoms with Gasteiger partial charge in [-0.25, -0.2) is 4.79 Å². The third kappa shape index (κ3) is 5.00. The molecule has 6 nitrogen and oxygen atoms in total. The van der Waals surface area contributed by atoms with Crippen LogP contribution in [0.3, 0.4) is 0 Å². The molecule has 1 rings (SSSR count). The number of amides is 1. The molecule has 20 heavy (non-hydrogen) atoms. The Morgan fingerprint density at radius 2 is 1.90 bits per heavy atom. The Hall–Kier alpha value is -1.30. The number of ether oxygens (including phenoxy) is 2. The summed E-state index contributed by atoms with van der Waals surface area (Å²) in [5.74, 6) is -0.309. The fourth-order valence-corrected chi connectivity index (χ4v) is 2.08. The van der Waals surface area contributed by atoms with E-state index >= 15 is 0 Å². The van der Waals surface area contributed by atoms with Crippen LogP contribution in [-0.4, -0.2) is 42.9 Å². The highest BCUT2D eigenvalue weighted by atomic mass is 16.6. The highest BCUT2D eigenvalue weighted by molar-refractivity contribution is 5.75. The summed E-state index contributed by atoms with van der Waals surface area (Å²) in [4.78, 5) is 23.2. The fraction of sp³-hybridized carbons (Fsp3) is 0.857. The third-order valence-electron chi connectivity index (χ3n) is 3.38. The molecule has 1 unspecified atom stereocenters. The molecule has 0 heterocycles. The van der Waals surface area contributed by atoms with Gasteiger partial charge in [0.05, 0.1) is 12.6 Å². The van der Waals surface area contributed by atoms with Crippen LogP contribution in [0.1, 0.15) is 47.0 Å². The fourth-order valence-electron chi connectivity index (χ4n) is 2.08. The Bertz CT molecular complexity index is 359. The van der Waals surface area contributed by atoms with Crippen LogP contribution >= 0.6 is 0 Å². The van der Waals surface area contributed by atoms with E-state index in [2.05, 4.69) is 15.4 Å². The van der Waals surface area contributed by atoms with Gasteiger partial charge in [-0.1, -0.05) is 0 Å². The minimum atomic E-state index is -0.512. The lowest BCUT2D eigenvalue weighted by molar-refractivity contribution is -0.142. The van der Waals surface area contributed by atoms with E-state index < -0.39 is 17.7 Å². The van der Waals surface area contributed by atoms with Crippen LogP contribution in [0.2, 0.25) is 0 Å². The van der Waals surface area contributed by atoms with Gasteiger partial charge in [-0.3, -0.25) is 4.79 Å². The average Bonchev–Trinajstić information content (AvgIpc) is 2.28. The van der Waals surface area contributed by atoms with Crippen molar-refractivity contribution in [2.45, 2.75) is 64.1 Å². The lowest BCUT2D eigenvalue weighted by Gasteiger charge is -2.43. The zero-order valence-electron chi connectivity index (χ0n) is 13.0. The van der Waals surface area contributed by atoms with Gasteiger partial charge in [0.2, 0.25) is 0 Å². The Balaban J connectivity index is 2.47. The first kappa shape index (κ1) is 16.8. The number of methoxy groups -OCH3 is 1. The predicted octanol–water partition coefficient (Wildman–Crippen LogP) is 1.58. The molecule has 0 saturated heterocycles. The molecule has 0 bridgehead atoms. The molecular formula is C14H26N2O4. The smallest absolute Gasteiger partial charge is 0.408 e. The molecule has 116 valence electrons. The van der Waals surface area contributed by atoms with Crippen molar-refractivity contribution < 1.29 is 19.1 Å². The second-order valence-electron chi connectivity index (χ2n) is 6.39. The first-order valence-corrected chi connectivity index (χ1v) is 7.00. The second kappa shape index (κ2) is 6.43. The molecular weight excluding hydrogens is 260 g/mol. The Kier molecular flexibility index (Phi) is 5.39. The molecule has 0 spiro atoms. The normalized spacial score (nSPS) is 18.6. The highest BCUT2D eigenvalue weighted by Gasteiger charge is 2.39. The second-order valence-corrected chi connectivity index (χ2v) is 6.39. The van der Waals surface area contributed by atoms with E-state index in [1.165, 1.54) is 7.11 Å². The highest BCUT2D eigenvalue weighted by Crippen LogP contribution is 2.31. The number of carbonyl (C=O) groups excluding carboxylic acids is 2. The molecule has 2 N–H and O–H groups in total. The van der Waals surface area contributed by atoms with Crippen molar-refractivity contribution >= 4 is 12.1 Å². The Morgan fingerprint density at radius 3 is 2.30 bits per heavy atom.